The highest BCUT2D eigenvalue weighted by Crippen LogP contribution is 2.21. The summed E-state index contributed by atoms with van der Waals surface area (Å²) in [5, 5.41) is 2.06. The second-order valence-corrected chi connectivity index (χ2v) is 8.04. The van der Waals surface area contributed by atoms with Crippen molar-refractivity contribution in [2.75, 3.05) is 16.6 Å². The molecular formula is C21H15F3N2O5S. The molecule has 0 bridgehead atoms. The molecule has 0 aliphatic heterocycles. The van der Waals surface area contributed by atoms with Crippen molar-refractivity contribution in [2.24, 2.45) is 0 Å². The first-order chi connectivity index (χ1) is 15.2. The molecule has 3 rings (SSSR count). The van der Waals surface area contributed by atoms with Crippen LogP contribution in [0.2, 0.25) is 0 Å². The second-order valence-electron chi connectivity index (χ2n) is 6.35. The summed E-state index contributed by atoms with van der Waals surface area (Å²) in [4.78, 5) is 24.1. The smallest absolute Gasteiger partial charge is 0.340 e. The van der Waals surface area contributed by atoms with Crippen LogP contribution in [0.15, 0.2) is 71.6 Å². The Labute approximate surface area is 180 Å². The van der Waals surface area contributed by atoms with E-state index in [-0.39, 0.29) is 16.1 Å². The summed E-state index contributed by atoms with van der Waals surface area (Å²) < 4.78 is 71.9. The lowest BCUT2D eigenvalue weighted by atomic mass is 10.2. The Balaban J connectivity index is 1.69. The van der Waals surface area contributed by atoms with Gasteiger partial charge in [0.05, 0.1) is 21.8 Å². The van der Waals surface area contributed by atoms with Crippen LogP contribution in [-0.2, 0) is 19.6 Å². The third kappa shape index (κ3) is 5.64. The Bertz CT molecular complexity index is 1260. The molecule has 0 atom stereocenters. The first-order valence-electron chi connectivity index (χ1n) is 8.95. The van der Waals surface area contributed by atoms with E-state index in [0.29, 0.717) is 0 Å². The number of para-hydroxylation sites is 1. The third-order valence-corrected chi connectivity index (χ3v) is 5.43. The lowest BCUT2D eigenvalue weighted by molar-refractivity contribution is -0.119. The van der Waals surface area contributed by atoms with Gasteiger partial charge in [0.1, 0.15) is 17.5 Å². The average molecular weight is 464 g/mol. The number of anilines is 2. The SMILES string of the molecule is O=C(COC(=O)c1ccccc1NS(=O)(=O)c1ccc(F)cc1)Nc1cc(F)ccc1F. The first-order valence-corrected chi connectivity index (χ1v) is 10.4. The minimum Gasteiger partial charge on any atom is -0.452 e. The zero-order chi connectivity index (χ0) is 23.3. The summed E-state index contributed by atoms with van der Waals surface area (Å²) in [5.41, 5.74) is -0.778. The van der Waals surface area contributed by atoms with Gasteiger partial charge in [0.2, 0.25) is 0 Å². The summed E-state index contributed by atoms with van der Waals surface area (Å²) in [6.45, 7) is -0.839. The zero-order valence-corrected chi connectivity index (χ0v) is 17.0. The molecule has 166 valence electrons. The fraction of sp³-hybridized carbons (Fsp3) is 0.0476. The average Bonchev–Trinajstić information content (AvgIpc) is 2.75. The van der Waals surface area contributed by atoms with Gasteiger partial charge in [-0.1, -0.05) is 12.1 Å². The minimum atomic E-state index is -4.15. The fourth-order valence-electron chi connectivity index (χ4n) is 2.56. The molecule has 0 aliphatic rings. The van der Waals surface area contributed by atoms with Crippen molar-refractivity contribution in [3.8, 4) is 0 Å². The number of amides is 1. The van der Waals surface area contributed by atoms with Crippen molar-refractivity contribution in [1.29, 1.82) is 0 Å². The van der Waals surface area contributed by atoms with Crippen LogP contribution in [0.4, 0.5) is 24.5 Å². The number of carbonyl (C=O) groups excluding carboxylic acids is 2. The number of nitrogens with one attached hydrogen (secondary N) is 2. The van der Waals surface area contributed by atoms with Gasteiger partial charge >= 0.3 is 5.97 Å². The van der Waals surface area contributed by atoms with E-state index >= 15 is 0 Å². The van der Waals surface area contributed by atoms with Crippen LogP contribution in [0, 0.1) is 17.5 Å². The number of rotatable bonds is 7. The van der Waals surface area contributed by atoms with Crippen molar-refractivity contribution >= 4 is 33.3 Å². The van der Waals surface area contributed by atoms with Crippen LogP contribution in [0.25, 0.3) is 0 Å². The molecule has 7 nitrogen and oxygen atoms in total. The number of hydrogen-bond donors (Lipinski definition) is 2. The summed E-state index contributed by atoms with van der Waals surface area (Å²) in [6, 6.07) is 11.9. The van der Waals surface area contributed by atoms with Crippen molar-refractivity contribution < 1.29 is 35.9 Å². The van der Waals surface area contributed by atoms with Crippen molar-refractivity contribution in [2.45, 2.75) is 4.90 Å². The Kier molecular flexibility index (Phi) is 6.79. The molecule has 0 fully saturated rings. The van der Waals surface area contributed by atoms with Gasteiger partial charge in [-0.2, -0.15) is 0 Å². The van der Waals surface area contributed by atoms with Gasteiger partial charge in [-0.15, -0.1) is 0 Å². The summed E-state index contributed by atoms with van der Waals surface area (Å²) in [6.07, 6.45) is 0. The summed E-state index contributed by atoms with van der Waals surface area (Å²) >= 11 is 0. The largest absolute Gasteiger partial charge is 0.452 e. The number of carbonyl (C=O) groups is 2. The molecule has 0 spiro atoms. The normalized spacial score (nSPS) is 11.0. The number of halogens is 3. The fourth-order valence-corrected chi connectivity index (χ4v) is 3.64. The summed E-state index contributed by atoms with van der Waals surface area (Å²) in [7, 11) is -4.15. The van der Waals surface area contributed by atoms with Crippen molar-refractivity contribution in [1.82, 2.24) is 0 Å². The lowest BCUT2D eigenvalue weighted by Gasteiger charge is -2.12. The van der Waals surface area contributed by atoms with Crippen LogP contribution >= 0.6 is 0 Å². The first kappa shape index (κ1) is 22.8. The maximum absolute atomic E-state index is 13.6. The topological polar surface area (TPSA) is 102 Å². The molecule has 32 heavy (non-hydrogen) atoms. The van der Waals surface area contributed by atoms with Crippen molar-refractivity contribution in [3.63, 3.8) is 0 Å². The van der Waals surface area contributed by atoms with Gasteiger partial charge in [0.25, 0.3) is 15.9 Å². The van der Waals surface area contributed by atoms with Crippen LogP contribution in [0.5, 0.6) is 0 Å². The van der Waals surface area contributed by atoms with Gasteiger partial charge < -0.3 is 10.1 Å². The molecule has 3 aromatic rings. The quantitative estimate of drug-likeness (QED) is 0.520. The molecule has 0 heterocycles. The van der Waals surface area contributed by atoms with Gasteiger partial charge in [-0.25, -0.2) is 26.4 Å². The Morgan fingerprint density at radius 1 is 0.844 bits per heavy atom. The second kappa shape index (κ2) is 9.52. The van der Waals surface area contributed by atoms with E-state index in [9.17, 15) is 31.2 Å². The third-order valence-electron chi connectivity index (χ3n) is 4.05. The van der Waals surface area contributed by atoms with Gasteiger partial charge in [0, 0.05) is 6.07 Å². The van der Waals surface area contributed by atoms with Gasteiger partial charge in [0.15, 0.2) is 6.61 Å². The summed E-state index contributed by atoms with van der Waals surface area (Å²) in [5.74, 6) is -4.26. The standard InChI is InChI=1S/C21H15F3N2O5S/c22-13-5-8-15(9-6-13)32(29,30)26-18-4-2-1-3-16(18)21(28)31-12-20(27)25-19-11-14(23)7-10-17(19)24/h1-11,26H,12H2,(H,25,27). The molecule has 11 heteroatoms. The molecule has 0 unspecified atom stereocenters. The predicted octanol–water partition coefficient (Wildman–Crippen LogP) is 3.70. The number of hydrogen-bond acceptors (Lipinski definition) is 5. The van der Waals surface area contributed by atoms with E-state index in [1.807, 2.05) is 0 Å². The van der Waals surface area contributed by atoms with Crippen LogP contribution in [0.1, 0.15) is 10.4 Å². The molecule has 0 saturated heterocycles. The molecule has 0 radical (unpaired) electrons. The van der Waals surface area contributed by atoms with Gasteiger partial charge in [-0.3, -0.25) is 9.52 Å². The number of benzene rings is 3. The van der Waals surface area contributed by atoms with Crippen LogP contribution in [-0.4, -0.2) is 26.9 Å². The number of ether oxygens (including phenoxy) is 1. The monoisotopic (exact) mass is 464 g/mol. The highest BCUT2D eigenvalue weighted by Gasteiger charge is 2.20. The molecular weight excluding hydrogens is 449 g/mol. The Morgan fingerprint density at radius 3 is 2.22 bits per heavy atom. The van der Waals surface area contributed by atoms with E-state index < -0.39 is 51.6 Å². The maximum atomic E-state index is 13.6. The molecule has 0 saturated carbocycles. The Hall–Kier alpha value is -3.86. The van der Waals surface area contributed by atoms with E-state index in [2.05, 4.69) is 10.0 Å². The molecule has 0 aliphatic carbocycles. The lowest BCUT2D eigenvalue weighted by Crippen LogP contribution is -2.22. The molecule has 3 aromatic carbocycles. The number of esters is 1. The highest BCUT2D eigenvalue weighted by molar-refractivity contribution is 7.92. The minimum absolute atomic E-state index is 0.140. The zero-order valence-electron chi connectivity index (χ0n) is 16.1. The molecule has 1 amide bonds. The number of sulfonamides is 1. The Morgan fingerprint density at radius 2 is 1.50 bits per heavy atom. The van der Waals surface area contributed by atoms with Crippen LogP contribution < -0.4 is 10.0 Å². The predicted molar refractivity (Wildman–Crippen MR) is 109 cm³/mol. The molecule has 0 aromatic heterocycles. The molecule has 2 N–H and O–H groups in total. The van der Waals surface area contributed by atoms with Gasteiger partial charge in [-0.05, 0) is 48.5 Å². The van der Waals surface area contributed by atoms with E-state index in [0.717, 1.165) is 42.5 Å². The van der Waals surface area contributed by atoms with E-state index in [1.54, 1.807) is 0 Å². The highest BCUT2D eigenvalue weighted by atomic mass is 32.2. The van der Waals surface area contributed by atoms with Crippen LogP contribution in [0.3, 0.4) is 0 Å². The van der Waals surface area contributed by atoms with E-state index in [4.69, 9.17) is 4.74 Å². The van der Waals surface area contributed by atoms with E-state index in [1.165, 1.54) is 24.3 Å². The van der Waals surface area contributed by atoms with Crippen molar-refractivity contribution in [3.05, 3.63) is 89.7 Å². The maximum Gasteiger partial charge on any atom is 0.340 e.